The molecule has 0 fully saturated rings. The van der Waals surface area contributed by atoms with Gasteiger partial charge in [-0.15, -0.1) is 0 Å². The van der Waals surface area contributed by atoms with Crippen LogP contribution in [0.4, 0.5) is 0 Å². The Morgan fingerprint density at radius 3 is 2.55 bits per heavy atom. The highest BCUT2D eigenvalue weighted by Gasteiger charge is 2.12. The number of hydrogen-bond donors (Lipinski definition) is 1. The Hall–Kier alpha value is -1.61. The molecule has 0 spiro atoms. The SMILES string of the molecule is CCNCc1ccc(C)cc1-c1cn(C(C)C)nc1C. The smallest absolute Gasteiger partial charge is 0.0672 e. The molecule has 3 nitrogen and oxygen atoms in total. The van der Waals surface area contributed by atoms with E-state index in [0.717, 1.165) is 18.8 Å². The van der Waals surface area contributed by atoms with E-state index in [2.05, 4.69) is 69.4 Å². The van der Waals surface area contributed by atoms with Gasteiger partial charge in [-0.05, 0) is 45.4 Å². The average Bonchev–Trinajstić information content (AvgIpc) is 2.79. The monoisotopic (exact) mass is 271 g/mol. The van der Waals surface area contributed by atoms with Crippen molar-refractivity contribution in [1.29, 1.82) is 0 Å². The quantitative estimate of drug-likeness (QED) is 0.895. The second kappa shape index (κ2) is 6.23. The number of benzene rings is 1. The highest BCUT2D eigenvalue weighted by molar-refractivity contribution is 5.69. The van der Waals surface area contributed by atoms with Crippen molar-refractivity contribution in [3.8, 4) is 11.1 Å². The Labute approximate surface area is 122 Å². The maximum atomic E-state index is 4.63. The molecule has 0 amide bonds. The number of aromatic nitrogens is 2. The normalized spacial score (nSPS) is 11.3. The summed E-state index contributed by atoms with van der Waals surface area (Å²) in [5, 5.41) is 8.05. The molecule has 108 valence electrons. The molecule has 20 heavy (non-hydrogen) atoms. The Morgan fingerprint density at radius 2 is 1.95 bits per heavy atom. The molecule has 3 heteroatoms. The van der Waals surface area contributed by atoms with Crippen LogP contribution in [-0.4, -0.2) is 16.3 Å². The van der Waals surface area contributed by atoms with Crippen LogP contribution in [0.25, 0.3) is 11.1 Å². The molecule has 0 aliphatic rings. The minimum Gasteiger partial charge on any atom is -0.313 e. The third kappa shape index (κ3) is 3.10. The van der Waals surface area contributed by atoms with Gasteiger partial charge in [0.2, 0.25) is 0 Å². The van der Waals surface area contributed by atoms with E-state index in [4.69, 9.17) is 0 Å². The van der Waals surface area contributed by atoms with Gasteiger partial charge >= 0.3 is 0 Å². The summed E-state index contributed by atoms with van der Waals surface area (Å²) in [6, 6.07) is 7.06. The van der Waals surface area contributed by atoms with E-state index in [1.165, 1.54) is 22.3 Å². The first-order chi connectivity index (χ1) is 9.52. The van der Waals surface area contributed by atoms with Gasteiger partial charge in [0.25, 0.3) is 0 Å². The molecule has 0 aliphatic heterocycles. The molecular weight excluding hydrogens is 246 g/mol. The molecule has 0 atom stereocenters. The molecule has 0 aliphatic carbocycles. The van der Waals surface area contributed by atoms with Gasteiger partial charge in [-0.1, -0.05) is 30.7 Å². The van der Waals surface area contributed by atoms with Crippen molar-refractivity contribution < 1.29 is 0 Å². The van der Waals surface area contributed by atoms with E-state index in [1.54, 1.807) is 0 Å². The average molecular weight is 271 g/mol. The molecule has 2 aromatic rings. The largest absolute Gasteiger partial charge is 0.313 e. The molecular formula is C17H25N3. The van der Waals surface area contributed by atoms with Crippen LogP contribution in [0.5, 0.6) is 0 Å². The van der Waals surface area contributed by atoms with Crippen LogP contribution in [0.2, 0.25) is 0 Å². The van der Waals surface area contributed by atoms with Gasteiger partial charge in [0.15, 0.2) is 0 Å². The van der Waals surface area contributed by atoms with Crippen molar-refractivity contribution in [3.63, 3.8) is 0 Å². The number of nitrogens with one attached hydrogen (secondary N) is 1. The van der Waals surface area contributed by atoms with Gasteiger partial charge in [-0.3, -0.25) is 4.68 Å². The predicted molar refractivity (Wildman–Crippen MR) is 84.9 cm³/mol. The predicted octanol–water partition coefficient (Wildman–Crippen LogP) is 3.86. The highest BCUT2D eigenvalue weighted by Crippen LogP contribution is 2.28. The van der Waals surface area contributed by atoms with Crippen LogP contribution in [0.3, 0.4) is 0 Å². The summed E-state index contributed by atoms with van der Waals surface area (Å²) < 4.78 is 2.05. The highest BCUT2D eigenvalue weighted by atomic mass is 15.3. The topological polar surface area (TPSA) is 29.9 Å². The lowest BCUT2D eigenvalue weighted by molar-refractivity contribution is 0.529. The maximum Gasteiger partial charge on any atom is 0.0672 e. The summed E-state index contributed by atoms with van der Waals surface area (Å²) >= 11 is 0. The fourth-order valence-electron chi connectivity index (χ4n) is 2.37. The lowest BCUT2D eigenvalue weighted by Gasteiger charge is -2.10. The molecule has 1 aromatic carbocycles. The minimum atomic E-state index is 0.393. The first kappa shape index (κ1) is 14.8. The Bertz CT molecular complexity index is 582. The number of hydrogen-bond acceptors (Lipinski definition) is 2. The Kier molecular flexibility index (Phi) is 4.61. The summed E-state index contributed by atoms with van der Waals surface area (Å²) in [7, 11) is 0. The molecule has 1 heterocycles. The van der Waals surface area contributed by atoms with Gasteiger partial charge in [0.1, 0.15) is 0 Å². The van der Waals surface area contributed by atoms with Crippen LogP contribution < -0.4 is 5.32 Å². The van der Waals surface area contributed by atoms with Crippen molar-refractivity contribution in [1.82, 2.24) is 15.1 Å². The number of aryl methyl sites for hydroxylation is 2. The zero-order chi connectivity index (χ0) is 14.7. The molecule has 1 aromatic heterocycles. The van der Waals surface area contributed by atoms with E-state index in [0.29, 0.717) is 6.04 Å². The van der Waals surface area contributed by atoms with Gasteiger partial charge < -0.3 is 5.32 Å². The maximum absolute atomic E-state index is 4.63. The fraction of sp³-hybridized carbons (Fsp3) is 0.471. The standard InChI is InChI=1S/C17H25N3/c1-6-18-10-15-8-7-13(4)9-16(15)17-11-20(12(2)3)19-14(17)5/h7-9,11-12,18H,6,10H2,1-5H3. The van der Waals surface area contributed by atoms with Crippen LogP contribution in [0, 0.1) is 13.8 Å². The Balaban J connectivity index is 2.47. The third-order valence-corrected chi connectivity index (χ3v) is 3.57. The van der Waals surface area contributed by atoms with Crippen molar-refractivity contribution in [2.75, 3.05) is 6.54 Å². The summed E-state index contributed by atoms with van der Waals surface area (Å²) in [6.45, 7) is 12.6. The fourth-order valence-corrected chi connectivity index (χ4v) is 2.37. The Morgan fingerprint density at radius 1 is 1.20 bits per heavy atom. The van der Waals surface area contributed by atoms with Crippen molar-refractivity contribution >= 4 is 0 Å². The van der Waals surface area contributed by atoms with Crippen molar-refractivity contribution in [2.45, 2.75) is 47.2 Å². The number of rotatable bonds is 5. The molecule has 0 bridgehead atoms. The van der Waals surface area contributed by atoms with Crippen LogP contribution in [0.15, 0.2) is 24.4 Å². The summed E-state index contributed by atoms with van der Waals surface area (Å²) in [6.07, 6.45) is 2.17. The molecule has 0 unspecified atom stereocenters. The minimum absolute atomic E-state index is 0.393. The molecule has 1 N–H and O–H groups in total. The van der Waals surface area contributed by atoms with Crippen LogP contribution >= 0.6 is 0 Å². The van der Waals surface area contributed by atoms with E-state index >= 15 is 0 Å². The van der Waals surface area contributed by atoms with Crippen molar-refractivity contribution in [2.24, 2.45) is 0 Å². The van der Waals surface area contributed by atoms with E-state index in [1.807, 2.05) is 4.68 Å². The second-order valence-corrected chi connectivity index (χ2v) is 5.64. The van der Waals surface area contributed by atoms with Gasteiger partial charge in [-0.2, -0.15) is 5.10 Å². The molecule has 0 saturated carbocycles. The lowest BCUT2D eigenvalue weighted by atomic mass is 9.98. The van der Waals surface area contributed by atoms with E-state index in [-0.39, 0.29) is 0 Å². The zero-order valence-corrected chi connectivity index (χ0v) is 13.2. The first-order valence-corrected chi connectivity index (χ1v) is 7.39. The molecule has 0 saturated heterocycles. The summed E-state index contributed by atoms with van der Waals surface area (Å²) in [4.78, 5) is 0. The van der Waals surface area contributed by atoms with E-state index < -0.39 is 0 Å². The summed E-state index contributed by atoms with van der Waals surface area (Å²) in [5.74, 6) is 0. The van der Waals surface area contributed by atoms with E-state index in [9.17, 15) is 0 Å². The number of nitrogens with zero attached hydrogens (tertiary/aromatic N) is 2. The first-order valence-electron chi connectivity index (χ1n) is 7.39. The van der Waals surface area contributed by atoms with Gasteiger partial charge in [-0.25, -0.2) is 0 Å². The van der Waals surface area contributed by atoms with Crippen molar-refractivity contribution in [3.05, 3.63) is 41.2 Å². The van der Waals surface area contributed by atoms with Gasteiger partial charge in [0, 0.05) is 24.3 Å². The van der Waals surface area contributed by atoms with Crippen LogP contribution in [0.1, 0.15) is 43.6 Å². The third-order valence-electron chi connectivity index (χ3n) is 3.57. The zero-order valence-electron chi connectivity index (χ0n) is 13.2. The molecule has 2 rings (SSSR count). The molecule has 0 radical (unpaired) electrons. The van der Waals surface area contributed by atoms with Crippen LogP contribution in [-0.2, 0) is 6.54 Å². The van der Waals surface area contributed by atoms with Gasteiger partial charge in [0.05, 0.1) is 5.69 Å². The second-order valence-electron chi connectivity index (χ2n) is 5.64. The summed E-state index contributed by atoms with van der Waals surface area (Å²) in [5.41, 5.74) is 6.27. The lowest BCUT2D eigenvalue weighted by Crippen LogP contribution is -2.12.